The number of hydrogen-bond donors (Lipinski definition) is 1. The molecule has 0 spiro atoms. The summed E-state index contributed by atoms with van der Waals surface area (Å²) in [6, 6.07) is 7.24. The fourth-order valence-corrected chi connectivity index (χ4v) is 2.39. The smallest absolute Gasteiger partial charge is 0.274 e. The molecule has 23 heavy (non-hydrogen) atoms. The number of benzene rings is 1. The van der Waals surface area contributed by atoms with Gasteiger partial charge in [0.25, 0.3) is 5.91 Å². The van der Waals surface area contributed by atoms with Gasteiger partial charge in [0.2, 0.25) is 0 Å². The molecular formula is C14H14BrN7O. The minimum absolute atomic E-state index is 0.229. The number of aryl methyl sites for hydroxylation is 1. The summed E-state index contributed by atoms with van der Waals surface area (Å²) >= 11 is 3.40. The largest absolute Gasteiger partial charge is 0.341 e. The van der Waals surface area contributed by atoms with Crippen LogP contribution in [0.15, 0.2) is 41.3 Å². The number of nitrogens with zero attached hydrogens (tertiary/aromatic N) is 6. The Hall–Kier alpha value is -2.55. The first-order valence-electron chi connectivity index (χ1n) is 6.87. The summed E-state index contributed by atoms with van der Waals surface area (Å²) in [6.07, 6.45) is 3.16. The number of rotatable bonds is 4. The molecule has 0 aliphatic heterocycles. The number of amides is 1. The molecule has 0 aliphatic rings. The molecule has 2 heterocycles. The lowest BCUT2D eigenvalue weighted by Crippen LogP contribution is -2.27. The molecule has 1 atom stereocenters. The predicted octanol–water partition coefficient (Wildman–Crippen LogP) is 1.65. The van der Waals surface area contributed by atoms with Crippen molar-refractivity contribution in [2.45, 2.75) is 13.0 Å². The number of hydrogen-bond acceptors (Lipinski definition) is 5. The van der Waals surface area contributed by atoms with Gasteiger partial charge in [-0.1, -0.05) is 27.2 Å². The normalized spacial score (nSPS) is 12.1. The average Bonchev–Trinajstić information content (AvgIpc) is 3.16. The third kappa shape index (κ3) is 3.45. The molecule has 0 aliphatic carbocycles. The van der Waals surface area contributed by atoms with E-state index in [0.29, 0.717) is 5.82 Å². The Morgan fingerprint density at radius 3 is 2.91 bits per heavy atom. The van der Waals surface area contributed by atoms with Crippen LogP contribution in [0.1, 0.15) is 29.3 Å². The second kappa shape index (κ2) is 6.29. The molecular weight excluding hydrogens is 362 g/mol. The van der Waals surface area contributed by atoms with E-state index in [1.165, 1.54) is 0 Å². The summed E-state index contributed by atoms with van der Waals surface area (Å²) in [7, 11) is 1.77. The van der Waals surface area contributed by atoms with Crippen LogP contribution in [0.5, 0.6) is 0 Å². The van der Waals surface area contributed by atoms with Gasteiger partial charge in [-0.25, -0.2) is 9.67 Å². The molecule has 3 rings (SSSR count). The molecule has 1 aromatic carbocycles. The van der Waals surface area contributed by atoms with E-state index in [-0.39, 0.29) is 17.6 Å². The van der Waals surface area contributed by atoms with Gasteiger partial charge in [-0.15, -0.1) is 5.10 Å². The number of carbonyl (C=O) groups is 1. The Morgan fingerprint density at radius 1 is 1.39 bits per heavy atom. The molecule has 0 saturated carbocycles. The van der Waals surface area contributed by atoms with Crippen LogP contribution in [-0.4, -0.2) is 35.7 Å². The molecule has 3 aromatic rings. The first kappa shape index (κ1) is 15.3. The molecule has 118 valence electrons. The van der Waals surface area contributed by atoms with Crippen molar-refractivity contribution >= 4 is 21.8 Å². The summed E-state index contributed by atoms with van der Waals surface area (Å²) in [6.45, 7) is 1.81. The lowest BCUT2D eigenvalue weighted by molar-refractivity contribution is 0.0933. The van der Waals surface area contributed by atoms with Crippen LogP contribution in [0.25, 0.3) is 5.69 Å². The second-order valence-electron chi connectivity index (χ2n) is 5.00. The Labute approximate surface area is 140 Å². The highest BCUT2D eigenvalue weighted by Gasteiger charge is 2.17. The molecule has 8 nitrogen and oxygen atoms in total. The van der Waals surface area contributed by atoms with E-state index in [1.54, 1.807) is 28.9 Å². The van der Waals surface area contributed by atoms with E-state index >= 15 is 0 Å². The van der Waals surface area contributed by atoms with Gasteiger partial charge in [0.15, 0.2) is 11.5 Å². The zero-order valence-electron chi connectivity index (χ0n) is 12.5. The molecule has 2 aromatic heterocycles. The number of halogens is 1. The molecule has 0 bridgehead atoms. The van der Waals surface area contributed by atoms with Gasteiger partial charge in [0, 0.05) is 11.5 Å². The van der Waals surface area contributed by atoms with Gasteiger partial charge >= 0.3 is 0 Å². The van der Waals surface area contributed by atoms with E-state index in [1.807, 2.05) is 31.2 Å². The van der Waals surface area contributed by atoms with Gasteiger partial charge in [-0.2, -0.15) is 5.10 Å². The van der Waals surface area contributed by atoms with Crippen LogP contribution in [0.4, 0.5) is 0 Å². The van der Waals surface area contributed by atoms with Crippen LogP contribution in [0, 0.1) is 0 Å². The van der Waals surface area contributed by atoms with Crippen LogP contribution in [0.2, 0.25) is 0 Å². The summed E-state index contributed by atoms with van der Waals surface area (Å²) in [5.41, 5.74) is 1.04. The van der Waals surface area contributed by atoms with E-state index in [4.69, 9.17) is 0 Å². The molecule has 1 unspecified atom stereocenters. The summed E-state index contributed by atoms with van der Waals surface area (Å²) < 4.78 is 4.05. The van der Waals surface area contributed by atoms with Crippen LogP contribution in [0.3, 0.4) is 0 Å². The molecule has 1 N–H and O–H groups in total. The van der Waals surface area contributed by atoms with Crippen molar-refractivity contribution in [3.05, 3.63) is 52.8 Å². The van der Waals surface area contributed by atoms with E-state index < -0.39 is 0 Å². The number of nitrogens with one attached hydrogen (secondary N) is 1. The highest BCUT2D eigenvalue weighted by Crippen LogP contribution is 2.15. The Morgan fingerprint density at radius 2 is 2.22 bits per heavy atom. The Kier molecular flexibility index (Phi) is 4.20. The maximum absolute atomic E-state index is 12.2. The van der Waals surface area contributed by atoms with Crippen molar-refractivity contribution in [2.75, 3.05) is 0 Å². The van der Waals surface area contributed by atoms with Crippen LogP contribution < -0.4 is 5.32 Å². The van der Waals surface area contributed by atoms with Gasteiger partial charge in [-0.3, -0.25) is 9.48 Å². The van der Waals surface area contributed by atoms with Crippen molar-refractivity contribution in [3.8, 4) is 5.69 Å². The van der Waals surface area contributed by atoms with E-state index in [2.05, 4.69) is 41.6 Å². The van der Waals surface area contributed by atoms with Crippen molar-refractivity contribution < 1.29 is 4.79 Å². The summed E-state index contributed by atoms with van der Waals surface area (Å²) in [4.78, 5) is 16.4. The van der Waals surface area contributed by atoms with Crippen molar-refractivity contribution in [1.29, 1.82) is 0 Å². The molecule has 0 saturated heterocycles. The van der Waals surface area contributed by atoms with Gasteiger partial charge in [0.1, 0.15) is 6.33 Å². The summed E-state index contributed by atoms with van der Waals surface area (Å²) in [5, 5.41) is 14.9. The SMILES string of the molecule is CC(NC(=O)c1cn(-c2cccc(Br)c2)nn1)c1ncn(C)n1. The fourth-order valence-electron chi connectivity index (χ4n) is 2.00. The van der Waals surface area contributed by atoms with Crippen molar-refractivity contribution in [1.82, 2.24) is 35.1 Å². The van der Waals surface area contributed by atoms with Crippen molar-refractivity contribution in [2.24, 2.45) is 7.05 Å². The maximum atomic E-state index is 12.2. The first-order chi connectivity index (χ1) is 11.0. The van der Waals surface area contributed by atoms with Crippen LogP contribution in [-0.2, 0) is 7.05 Å². The molecule has 9 heteroatoms. The predicted molar refractivity (Wildman–Crippen MR) is 85.9 cm³/mol. The molecule has 1 amide bonds. The third-order valence-electron chi connectivity index (χ3n) is 3.15. The topological polar surface area (TPSA) is 90.5 Å². The second-order valence-corrected chi connectivity index (χ2v) is 5.92. The lowest BCUT2D eigenvalue weighted by atomic mass is 10.3. The number of carbonyl (C=O) groups excluding carboxylic acids is 1. The van der Waals surface area contributed by atoms with Gasteiger partial charge < -0.3 is 5.32 Å². The lowest BCUT2D eigenvalue weighted by Gasteiger charge is -2.08. The molecule has 0 fully saturated rings. The average molecular weight is 376 g/mol. The summed E-state index contributed by atoms with van der Waals surface area (Å²) in [5.74, 6) is 0.214. The third-order valence-corrected chi connectivity index (χ3v) is 3.64. The first-order valence-corrected chi connectivity index (χ1v) is 7.67. The van der Waals surface area contributed by atoms with Gasteiger partial charge in [0.05, 0.1) is 17.9 Å². The monoisotopic (exact) mass is 375 g/mol. The minimum Gasteiger partial charge on any atom is -0.341 e. The zero-order valence-corrected chi connectivity index (χ0v) is 14.1. The highest BCUT2D eigenvalue weighted by molar-refractivity contribution is 9.10. The van der Waals surface area contributed by atoms with Crippen molar-refractivity contribution in [3.63, 3.8) is 0 Å². The van der Waals surface area contributed by atoms with Gasteiger partial charge in [-0.05, 0) is 25.1 Å². The Balaban J connectivity index is 1.73. The molecule has 0 radical (unpaired) electrons. The van der Waals surface area contributed by atoms with E-state index in [9.17, 15) is 4.79 Å². The fraction of sp³-hybridized carbons (Fsp3) is 0.214. The quantitative estimate of drug-likeness (QED) is 0.748. The standard InChI is InChI=1S/C14H14BrN7O/c1-9(13-16-8-21(2)19-13)17-14(23)12-7-22(20-18-12)11-5-3-4-10(15)6-11/h3-9H,1-2H3,(H,17,23). The zero-order chi connectivity index (χ0) is 16.4. The highest BCUT2D eigenvalue weighted by atomic mass is 79.9. The van der Waals surface area contributed by atoms with E-state index in [0.717, 1.165) is 10.2 Å². The maximum Gasteiger partial charge on any atom is 0.274 e. The number of aromatic nitrogens is 6. The Bertz CT molecular complexity index is 841. The van der Waals surface area contributed by atoms with Crippen LogP contribution >= 0.6 is 15.9 Å². The minimum atomic E-state index is -0.328.